The van der Waals surface area contributed by atoms with Crippen molar-refractivity contribution in [3.63, 3.8) is 0 Å². The van der Waals surface area contributed by atoms with E-state index in [1.807, 2.05) is 0 Å². The maximum atomic E-state index is 10.9. The van der Waals surface area contributed by atoms with Gasteiger partial charge in [-0.3, -0.25) is 9.55 Å². The summed E-state index contributed by atoms with van der Waals surface area (Å²) >= 11 is 5.64. The Labute approximate surface area is 126 Å². The molecule has 0 bridgehead atoms. The molecule has 1 aromatic carbocycles. The van der Waals surface area contributed by atoms with Gasteiger partial charge in [-0.1, -0.05) is 11.6 Å². The van der Waals surface area contributed by atoms with Crippen LogP contribution in [0.25, 0.3) is 0 Å². The van der Waals surface area contributed by atoms with Crippen molar-refractivity contribution in [2.75, 3.05) is 5.73 Å². The third-order valence-corrected chi connectivity index (χ3v) is 2.85. The van der Waals surface area contributed by atoms with Crippen molar-refractivity contribution in [3.8, 4) is 0 Å². The first-order valence-corrected chi connectivity index (χ1v) is 5.82. The van der Waals surface area contributed by atoms with E-state index in [0.29, 0.717) is 0 Å². The normalized spacial score (nSPS) is 12.1. The third kappa shape index (κ3) is 4.46. The van der Waals surface area contributed by atoms with E-state index < -0.39 is 20.9 Å². The SMILES string of the molecule is CC([O-])=Nc1cc(Cl)c(N)c(S(=O)(=O)O)c1.[Na+]. The molecule has 0 saturated carbocycles. The van der Waals surface area contributed by atoms with Gasteiger partial charge in [0.1, 0.15) is 4.90 Å². The molecule has 88 valence electrons. The number of rotatable bonds is 2. The fourth-order valence-corrected chi connectivity index (χ4v) is 1.97. The van der Waals surface area contributed by atoms with Crippen LogP contribution in [0, 0.1) is 0 Å². The second kappa shape index (κ2) is 6.03. The van der Waals surface area contributed by atoms with Crippen LogP contribution in [-0.4, -0.2) is 18.9 Å². The van der Waals surface area contributed by atoms with Crippen LogP contribution in [0.4, 0.5) is 11.4 Å². The minimum atomic E-state index is -4.50. The van der Waals surface area contributed by atoms with E-state index in [1.54, 1.807) is 0 Å². The van der Waals surface area contributed by atoms with Crippen LogP contribution in [0.2, 0.25) is 5.02 Å². The van der Waals surface area contributed by atoms with Crippen LogP contribution in [0.1, 0.15) is 6.92 Å². The van der Waals surface area contributed by atoms with Crippen molar-refractivity contribution in [2.24, 2.45) is 4.99 Å². The molecule has 6 nitrogen and oxygen atoms in total. The van der Waals surface area contributed by atoms with Crippen LogP contribution in [-0.2, 0) is 10.1 Å². The molecule has 1 aromatic rings. The maximum absolute atomic E-state index is 10.9. The van der Waals surface area contributed by atoms with Crippen LogP contribution in [0.3, 0.4) is 0 Å². The van der Waals surface area contributed by atoms with Gasteiger partial charge in [-0.05, 0) is 25.0 Å². The standard InChI is InChI=1S/C8H9ClN2O4S.Na/c1-4(12)11-5-2-6(9)8(10)7(3-5)16(13,14)15;/h2-3H,10H2,1H3,(H,11,12)(H,13,14,15);/q;+1/p-1. The average molecular weight is 287 g/mol. The molecule has 0 radical (unpaired) electrons. The summed E-state index contributed by atoms with van der Waals surface area (Å²) in [6, 6.07) is 2.20. The molecule has 0 heterocycles. The van der Waals surface area contributed by atoms with Crippen molar-refractivity contribution in [1.82, 2.24) is 0 Å². The number of anilines is 1. The molecule has 0 aliphatic heterocycles. The molecule has 0 spiro atoms. The van der Waals surface area contributed by atoms with Gasteiger partial charge in [0, 0.05) is 0 Å². The summed E-state index contributed by atoms with van der Waals surface area (Å²) in [5, 5.41) is 10.6. The van der Waals surface area contributed by atoms with Gasteiger partial charge < -0.3 is 10.8 Å². The second-order valence-corrected chi connectivity index (χ2v) is 4.74. The van der Waals surface area contributed by atoms with Crippen molar-refractivity contribution in [2.45, 2.75) is 11.8 Å². The van der Waals surface area contributed by atoms with Crippen molar-refractivity contribution in [3.05, 3.63) is 17.2 Å². The summed E-state index contributed by atoms with van der Waals surface area (Å²) in [7, 11) is -4.50. The maximum Gasteiger partial charge on any atom is 1.00 e. The Balaban J connectivity index is 0.00000256. The molecule has 0 aliphatic carbocycles. The molecular formula is C8H8ClN2NaO4S. The van der Waals surface area contributed by atoms with E-state index in [-0.39, 0.29) is 46.0 Å². The first kappa shape index (κ1) is 16.7. The minimum absolute atomic E-state index is 0. The molecule has 0 atom stereocenters. The summed E-state index contributed by atoms with van der Waals surface area (Å²) < 4.78 is 30.7. The number of nitrogens with zero attached hydrogens (tertiary/aromatic N) is 1. The quantitative estimate of drug-likeness (QED) is 0.206. The van der Waals surface area contributed by atoms with Gasteiger partial charge >= 0.3 is 29.6 Å². The van der Waals surface area contributed by atoms with Crippen molar-refractivity contribution < 1.29 is 47.6 Å². The zero-order valence-electron chi connectivity index (χ0n) is 9.14. The first-order chi connectivity index (χ1) is 7.21. The summed E-state index contributed by atoms with van der Waals surface area (Å²) in [6.45, 7) is 1.19. The van der Waals surface area contributed by atoms with E-state index in [0.717, 1.165) is 6.07 Å². The van der Waals surface area contributed by atoms with Crippen LogP contribution in [0.5, 0.6) is 0 Å². The van der Waals surface area contributed by atoms with Gasteiger partial charge in [-0.2, -0.15) is 8.42 Å². The van der Waals surface area contributed by atoms with Crippen molar-refractivity contribution >= 4 is 39.0 Å². The fraction of sp³-hybridized carbons (Fsp3) is 0.125. The Morgan fingerprint density at radius 1 is 1.53 bits per heavy atom. The monoisotopic (exact) mass is 286 g/mol. The number of hydrogen-bond acceptors (Lipinski definition) is 5. The summed E-state index contributed by atoms with van der Waals surface area (Å²) in [5.74, 6) is -0.526. The summed E-state index contributed by atoms with van der Waals surface area (Å²) in [5.41, 5.74) is 5.10. The fourth-order valence-electron chi connectivity index (χ4n) is 1.04. The molecule has 17 heavy (non-hydrogen) atoms. The molecule has 9 heteroatoms. The number of hydrogen-bond donors (Lipinski definition) is 2. The molecular weight excluding hydrogens is 279 g/mol. The topological polar surface area (TPSA) is 116 Å². The molecule has 1 rings (SSSR count). The Hall–Kier alpha value is -0.310. The van der Waals surface area contributed by atoms with E-state index in [1.165, 1.54) is 13.0 Å². The number of benzene rings is 1. The number of nitrogens with two attached hydrogens (primary N) is 1. The Kier molecular flexibility index (Phi) is 5.92. The number of nitrogen functional groups attached to an aromatic ring is 1. The molecule has 0 saturated heterocycles. The van der Waals surface area contributed by atoms with Crippen LogP contribution in [0.15, 0.2) is 22.0 Å². The van der Waals surface area contributed by atoms with Gasteiger partial charge in [0.2, 0.25) is 0 Å². The van der Waals surface area contributed by atoms with Gasteiger partial charge in [0.05, 0.1) is 16.4 Å². The first-order valence-electron chi connectivity index (χ1n) is 4.00. The molecule has 0 aliphatic rings. The molecule has 0 unspecified atom stereocenters. The predicted molar refractivity (Wildman–Crippen MR) is 58.4 cm³/mol. The van der Waals surface area contributed by atoms with Crippen molar-refractivity contribution in [1.29, 1.82) is 0 Å². The molecule has 0 aromatic heterocycles. The Morgan fingerprint density at radius 2 is 2.06 bits per heavy atom. The Morgan fingerprint density at radius 3 is 2.47 bits per heavy atom. The van der Waals surface area contributed by atoms with Gasteiger partial charge in [-0.25, -0.2) is 0 Å². The van der Waals surface area contributed by atoms with Gasteiger partial charge in [-0.15, -0.1) is 0 Å². The van der Waals surface area contributed by atoms with Gasteiger partial charge in [0.15, 0.2) is 0 Å². The zero-order chi connectivity index (χ0) is 12.5. The predicted octanol–water partition coefficient (Wildman–Crippen LogP) is -2.42. The number of aliphatic imine (C=N–C) groups is 1. The second-order valence-electron chi connectivity index (χ2n) is 2.95. The smallest absolute Gasteiger partial charge is 0.862 e. The van der Waals surface area contributed by atoms with E-state index in [9.17, 15) is 13.5 Å². The zero-order valence-corrected chi connectivity index (χ0v) is 12.7. The molecule has 0 fully saturated rings. The van der Waals surface area contributed by atoms with E-state index in [4.69, 9.17) is 21.9 Å². The van der Waals surface area contributed by atoms with Crippen LogP contribution >= 0.6 is 11.6 Å². The Bertz CT molecular complexity index is 555. The van der Waals surface area contributed by atoms with Gasteiger partial charge in [0.25, 0.3) is 10.1 Å². The summed E-state index contributed by atoms with van der Waals surface area (Å²) in [4.78, 5) is 2.91. The number of halogens is 1. The van der Waals surface area contributed by atoms with E-state index >= 15 is 0 Å². The van der Waals surface area contributed by atoms with Crippen LogP contribution < -0.4 is 40.4 Å². The third-order valence-electron chi connectivity index (χ3n) is 1.64. The molecule has 0 amide bonds. The minimum Gasteiger partial charge on any atom is -0.862 e. The average Bonchev–Trinajstić information content (AvgIpc) is 2.08. The summed E-state index contributed by atoms with van der Waals surface area (Å²) in [6.07, 6.45) is 0. The van der Waals surface area contributed by atoms with E-state index in [2.05, 4.69) is 4.99 Å². The largest absolute Gasteiger partial charge is 1.00 e. The molecule has 3 N–H and O–H groups in total.